The summed E-state index contributed by atoms with van der Waals surface area (Å²) in [5.41, 5.74) is 1.49. The number of alkyl halides is 2. The molecule has 0 aliphatic heterocycles. The van der Waals surface area contributed by atoms with E-state index in [-0.39, 0.29) is 21.9 Å². The average Bonchev–Trinajstić information content (AvgIpc) is 2.98. The van der Waals surface area contributed by atoms with Crippen LogP contribution in [0.15, 0.2) is 54.6 Å². The molecule has 0 bridgehead atoms. The Morgan fingerprint density at radius 2 is 1.71 bits per heavy atom. The minimum Gasteiger partial charge on any atom is -0.478 e. The van der Waals surface area contributed by atoms with E-state index in [2.05, 4.69) is 10.1 Å². The second kappa shape index (κ2) is 8.18. The van der Waals surface area contributed by atoms with Crippen molar-refractivity contribution < 1.29 is 28.2 Å². The third-order valence-electron chi connectivity index (χ3n) is 3.93. The fourth-order valence-corrected chi connectivity index (χ4v) is 3.82. The summed E-state index contributed by atoms with van der Waals surface area (Å²) in [6.45, 7) is -1.17. The van der Waals surface area contributed by atoms with Crippen LogP contribution in [0.1, 0.15) is 25.6 Å². The van der Waals surface area contributed by atoms with Gasteiger partial charge in [0.15, 0.2) is 0 Å². The quantitative estimate of drug-likeness (QED) is 0.588. The minimum absolute atomic E-state index is 0.0136. The number of carbonyl (C=O) groups excluding carboxylic acids is 1. The van der Waals surface area contributed by atoms with Crippen molar-refractivity contribution in [2.75, 3.05) is 5.32 Å². The molecule has 28 heavy (non-hydrogen) atoms. The zero-order chi connectivity index (χ0) is 20.3. The van der Waals surface area contributed by atoms with Crippen molar-refractivity contribution in [3.05, 3.63) is 70.6 Å². The molecule has 0 radical (unpaired) electrons. The molecule has 0 atom stereocenters. The summed E-state index contributed by atoms with van der Waals surface area (Å²) in [6.07, 6.45) is 0. The Balaban J connectivity index is 1.90. The number of nitrogens with one attached hydrogen (secondary N) is 1. The number of aryl methyl sites for hydroxylation is 1. The largest absolute Gasteiger partial charge is 0.478 e. The molecule has 0 unspecified atom stereocenters. The standard InChI is InChI=1S/C20H15F2NO4S/c1-11-15(12-5-3-2-4-6-12)16(19(25)26)18(28-11)23-17(24)13-7-9-14(10-8-13)27-20(21)22/h2-10,20H,1H3,(H,23,24)(H,25,26). The van der Waals surface area contributed by atoms with E-state index in [9.17, 15) is 23.5 Å². The average molecular weight is 403 g/mol. The molecule has 0 aliphatic rings. The molecule has 1 amide bonds. The van der Waals surface area contributed by atoms with Crippen LogP contribution in [0.5, 0.6) is 5.75 Å². The van der Waals surface area contributed by atoms with Crippen molar-refractivity contribution in [3.63, 3.8) is 0 Å². The van der Waals surface area contributed by atoms with E-state index in [0.717, 1.165) is 21.8 Å². The maximum Gasteiger partial charge on any atom is 0.387 e. The van der Waals surface area contributed by atoms with E-state index in [4.69, 9.17) is 0 Å². The number of aromatic carboxylic acids is 1. The van der Waals surface area contributed by atoms with Crippen molar-refractivity contribution in [1.29, 1.82) is 0 Å². The maximum atomic E-state index is 12.5. The smallest absolute Gasteiger partial charge is 0.387 e. The lowest BCUT2D eigenvalue weighted by Crippen LogP contribution is -2.13. The lowest BCUT2D eigenvalue weighted by atomic mass is 10.0. The first-order valence-electron chi connectivity index (χ1n) is 8.15. The number of amides is 1. The van der Waals surface area contributed by atoms with Crippen molar-refractivity contribution in [2.24, 2.45) is 0 Å². The number of carboxylic acid groups (broad SMARTS) is 1. The zero-order valence-electron chi connectivity index (χ0n) is 14.6. The predicted molar refractivity (Wildman–Crippen MR) is 102 cm³/mol. The van der Waals surface area contributed by atoms with Gasteiger partial charge in [0.1, 0.15) is 16.3 Å². The molecule has 2 N–H and O–H groups in total. The molecule has 3 rings (SSSR count). The van der Waals surface area contributed by atoms with Gasteiger partial charge in [-0.3, -0.25) is 4.79 Å². The van der Waals surface area contributed by atoms with Gasteiger partial charge in [-0.25, -0.2) is 4.79 Å². The van der Waals surface area contributed by atoms with E-state index >= 15 is 0 Å². The number of rotatable bonds is 6. The van der Waals surface area contributed by atoms with Crippen LogP contribution in [0.3, 0.4) is 0 Å². The number of carboxylic acids is 1. The number of hydrogen-bond acceptors (Lipinski definition) is 4. The molecule has 2 aromatic carbocycles. The van der Waals surface area contributed by atoms with Crippen molar-refractivity contribution in [2.45, 2.75) is 13.5 Å². The Morgan fingerprint density at radius 1 is 1.07 bits per heavy atom. The Bertz CT molecular complexity index is 1000. The molecule has 5 nitrogen and oxygen atoms in total. The molecule has 144 valence electrons. The van der Waals surface area contributed by atoms with Crippen LogP contribution in [0.2, 0.25) is 0 Å². The first-order chi connectivity index (χ1) is 13.4. The number of ether oxygens (including phenoxy) is 1. The monoisotopic (exact) mass is 403 g/mol. The van der Waals surface area contributed by atoms with Crippen molar-refractivity contribution in [1.82, 2.24) is 0 Å². The Kier molecular flexibility index (Phi) is 5.70. The molecule has 0 saturated heterocycles. The first-order valence-corrected chi connectivity index (χ1v) is 8.96. The Morgan fingerprint density at radius 3 is 2.29 bits per heavy atom. The van der Waals surface area contributed by atoms with Crippen LogP contribution >= 0.6 is 11.3 Å². The molecule has 8 heteroatoms. The first kappa shape index (κ1) is 19.5. The Labute approximate surface area is 163 Å². The lowest BCUT2D eigenvalue weighted by molar-refractivity contribution is -0.0498. The molecule has 0 spiro atoms. The normalized spacial score (nSPS) is 10.7. The van der Waals surface area contributed by atoms with Crippen LogP contribution in [0.4, 0.5) is 13.8 Å². The highest BCUT2D eigenvalue weighted by Crippen LogP contribution is 2.40. The van der Waals surface area contributed by atoms with Gasteiger partial charge in [0.05, 0.1) is 0 Å². The molecular weight excluding hydrogens is 388 g/mol. The van der Waals surface area contributed by atoms with Gasteiger partial charge in [0, 0.05) is 16.0 Å². The van der Waals surface area contributed by atoms with Crippen LogP contribution in [-0.2, 0) is 0 Å². The third-order valence-corrected chi connectivity index (χ3v) is 4.95. The van der Waals surface area contributed by atoms with Crippen molar-refractivity contribution >= 4 is 28.2 Å². The van der Waals surface area contributed by atoms with Gasteiger partial charge in [0.2, 0.25) is 0 Å². The van der Waals surface area contributed by atoms with Gasteiger partial charge in [0.25, 0.3) is 5.91 Å². The summed E-state index contributed by atoms with van der Waals surface area (Å²) < 4.78 is 28.7. The van der Waals surface area contributed by atoms with Crippen LogP contribution in [-0.4, -0.2) is 23.6 Å². The summed E-state index contributed by atoms with van der Waals surface area (Å²) in [5, 5.41) is 12.5. The number of anilines is 1. The Hall–Kier alpha value is -3.26. The molecule has 0 saturated carbocycles. The van der Waals surface area contributed by atoms with E-state index in [0.29, 0.717) is 5.56 Å². The SMILES string of the molecule is Cc1sc(NC(=O)c2ccc(OC(F)F)cc2)c(C(=O)O)c1-c1ccccc1. The van der Waals surface area contributed by atoms with Gasteiger partial charge < -0.3 is 15.2 Å². The second-order valence-corrected chi connectivity index (χ2v) is 6.99. The molecule has 1 aromatic heterocycles. The third kappa shape index (κ3) is 4.17. The van der Waals surface area contributed by atoms with E-state index in [1.54, 1.807) is 31.2 Å². The lowest BCUT2D eigenvalue weighted by Gasteiger charge is -2.08. The van der Waals surface area contributed by atoms with Gasteiger partial charge in [-0.1, -0.05) is 30.3 Å². The van der Waals surface area contributed by atoms with Gasteiger partial charge in [-0.15, -0.1) is 11.3 Å². The summed E-state index contributed by atoms with van der Waals surface area (Å²) in [5.74, 6) is -1.78. The summed E-state index contributed by atoms with van der Waals surface area (Å²) in [4.78, 5) is 25.1. The summed E-state index contributed by atoms with van der Waals surface area (Å²) in [7, 11) is 0. The van der Waals surface area contributed by atoms with Crippen LogP contribution in [0, 0.1) is 6.92 Å². The second-order valence-electron chi connectivity index (χ2n) is 5.77. The number of hydrogen-bond donors (Lipinski definition) is 2. The summed E-state index contributed by atoms with van der Waals surface area (Å²) in [6, 6.07) is 14.2. The highest BCUT2D eigenvalue weighted by molar-refractivity contribution is 7.17. The van der Waals surface area contributed by atoms with Crippen LogP contribution in [0.25, 0.3) is 11.1 Å². The van der Waals surface area contributed by atoms with Gasteiger partial charge in [-0.2, -0.15) is 8.78 Å². The fraction of sp³-hybridized carbons (Fsp3) is 0.100. The number of thiophene rings is 1. The van der Waals surface area contributed by atoms with E-state index < -0.39 is 18.5 Å². The number of carbonyl (C=O) groups is 2. The van der Waals surface area contributed by atoms with E-state index in [1.807, 2.05) is 6.07 Å². The fourth-order valence-electron chi connectivity index (χ4n) is 2.75. The topological polar surface area (TPSA) is 75.6 Å². The molecule has 0 fully saturated rings. The number of benzene rings is 2. The zero-order valence-corrected chi connectivity index (χ0v) is 15.4. The molecule has 1 heterocycles. The summed E-state index contributed by atoms with van der Waals surface area (Å²) >= 11 is 1.16. The molecular formula is C20H15F2NO4S. The van der Waals surface area contributed by atoms with Gasteiger partial charge in [-0.05, 0) is 36.8 Å². The van der Waals surface area contributed by atoms with Crippen molar-refractivity contribution in [3.8, 4) is 16.9 Å². The highest BCUT2D eigenvalue weighted by Gasteiger charge is 2.24. The molecule has 0 aliphatic carbocycles. The maximum absolute atomic E-state index is 12.5. The van der Waals surface area contributed by atoms with E-state index in [1.165, 1.54) is 24.3 Å². The number of halogens is 2. The highest BCUT2D eigenvalue weighted by atomic mass is 32.1. The predicted octanol–water partition coefficient (Wildman–Crippen LogP) is 5.28. The van der Waals surface area contributed by atoms with Crippen LogP contribution < -0.4 is 10.1 Å². The van der Waals surface area contributed by atoms with Gasteiger partial charge >= 0.3 is 12.6 Å². The minimum atomic E-state index is -2.96. The molecule has 3 aromatic rings.